The molecule has 0 aliphatic carbocycles. The molecule has 8 nitrogen and oxygen atoms in total. The quantitative estimate of drug-likeness (QED) is 0.136. The standard InChI is InChI=1S/C22H39Cl3N2O6/c1-5-8-11-29-17-16(14-27-15(4)28)32-20(33-21(26)22(23,24)25)19(31-13-10-7-3)18(17)30-12-9-6-2/h16-20,26H,5-14H2,1-4H3,(H,27,28). The predicted octanol–water partition coefficient (Wildman–Crippen LogP) is 4.77. The van der Waals surface area contributed by atoms with E-state index in [2.05, 4.69) is 26.1 Å². The van der Waals surface area contributed by atoms with Gasteiger partial charge in [-0.05, 0) is 19.3 Å². The molecule has 1 heterocycles. The van der Waals surface area contributed by atoms with Crippen LogP contribution < -0.4 is 5.32 Å². The molecular weight excluding hydrogens is 495 g/mol. The smallest absolute Gasteiger partial charge is 0.265 e. The fraction of sp³-hybridized carbons (Fsp3) is 0.909. The van der Waals surface area contributed by atoms with Crippen molar-refractivity contribution < 1.29 is 28.5 Å². The number of halogens is 3. The lowest BCUT2D eigenvalue weighted by Crippen LogP contribution is -2.63. The molecule has 1 fully saturated rings. The van der Waals surface area contributed by atoms with Crippen LogP contribution in [0.25, 0.3) is 0 Å². The monoisotopic (exact) mass is 532 g/mol. The average Bonchev–Trinajstić information content (AvgIpc) is 2.74. The minimum absolute atomic E-state index is 0.169. The Hall–Kier alpha value is -0.350. The highest BCUT2D eigenvalue weighted by Gasteiger charge is 2.50. The second-order valence-corrected chi connectivity index (χ2v) is 10.3. The third-order valence-corrected chi connectivity index (χ3v) is 5.57. The Kier molecular flexibility index (Phi) is 15.2. The van der Waals surface area contributed by atoms with Crippen LogP contribution in [-0.2, 0) is 28.5 Å². The maximum atomic E-state index is 11.6. The summed E-state index contributed by atoms with van der Waals surface area (Å²) < 4.78 is 28.3. The van der Waals surface area contributed by atoms with Crippen LogP contribution in [0.1, 0.15) is 66.2 Å². The number of amides is 1. The number of alkyl halides is 3. The van der Waals surface area contributed by atoms with Crippen LogP contribution in [0, 0.1) is 5.41 Å². The Morgan fingerprint density at radius 2 is 1.39 bits per heavy atom. The molecule has 33 heavy (non-hydrogen) atoms. The van der Waals surface area contributed by atoms with E-state index in [0.29, 0.717) is 19.8 Å². The van der Waals surface area contributed by atoms with E-state index < -0.39 is 40.4 Å². The highest BCUT2D eigenvalue weighted by atomic mass is 35.6. The minimum Gasteiger partial charge on any atom is -0.445 e. The van der Waals surface area contributed by atoms with Crippen LogP contribution in [0.5, 0.6) is 0 Å². The molecule has 0 aromatic heterocycles. The van der Waals surface area contributed by atoms with Crippen LogP contribution >= 0.6 is 34.8 Å². The van der Waals surface area contributed by atoms with Crippen molar-refractivity contribution in [1.29, 1.82) is 5.41 Å². The van der Waals surface area contributed by atoms with Gasteiger partial charge in [-0.3, -0.25) is 10.2 Å². The number of ether oxygens (including phenoxy) is 5. The Bertz CT molecular complexity index is 579. The second-order valence-electron chi connectivity index (χ2n) is 7.99. The molecular formula is C22H39Cl3N2O6. The fourth-order valence-electron chi connectivity index (χ4n) is 3.22. The number of rotatable bonds is 15. The normalized spacial score (nSPS) is 25.6. The molecule has 1 saturated heterocycles. The largest absolute Gasteiger partial charge is 0.445 e. The number of carbonyl (C=O) groups excluding carboxylic acids is 1. The molecule has 5 atom stereocenters. The summed E-state index contributed by atoms with van der Waals surface area (Å²) in [7, 11) is 0. The SMILES string of the molecule is CCCCOC1C(CNC(C)=O)OC(OC(=N)C(Cl)(Cl)Cl)C(OCCCC)C1OCCCC. The lowest BCUT2D eigenvalue weighted by atomic mass is 9.97. The van der Waals surface area contributed by atoms with Gasteiger partial charge in [0.2, 0.25) is 18.1 Å². The summed E-state index contributed by atoms with van der Waals surface area (Å²) in [6, 6.07) is 0. The van der Waals surface area contributed by atoms with E-state index >= 15 is 0 Å². The van der Waals surface area contributed by atoms with Crippen LogP contribution in [0.3, 0.4) is 0 Å². The molecule has 0 aromatic rings. The van der Waals surface area contributed by atoms with Crippen LogP contribution in [0.2, 0.25) is 0 Å². The van der Waals surface area contributed by atoms with Crippen LogP contribution in [-0.4, -0.2) is 72.7 Å². The minimum atomic E-state index is -2.06. The molecule has 1 rings (SSSR count). The summed E-state index contributed by atoms with van der Waals surface area (Å²) in [5, 5.41) is 10.8. The Balaban J connectivity index is 3.24. The van der Waals surface area contributed by atoms with E-state index in [0.717, 1.165) is 38.5 Å². The Labute approximate surface area is 212 Å². The van der Waals surface area contributed by atoms with E-state index in [1.807, 2.05) is 0 Å². The fourth-order valence-corrected chi connectivity index (χ4v) is 3.36. The number of carbonyl (C=O) groups is 1. The third-order valence-electron chi connectivity index (χ3n) is 5.06. The van der Waals surface area contributed by atoms with E-state index in [-0.39, 0.29) is 12.5 Å². The molecule has 1 amide bonds. The zero-order chi connectivity index (χ0) is 24.9. The summed E-state index contributed by atoms with van der Waals surface area (Å²) in [4.78, 5) is 11.6. The summed E-state index contributed by atoms with van der Waals surface area (Å²) in [6.07, 6.45) is 1.90. The van der Waals surface area contributed by atoms with E-state index in [1.54, 1.807) is 0 Å². The summed E-state index contributed by atoms with van der Waals surface area (Å²) in [6.45, 7) is 9.24. The maximum absolute atomic E-state index is 11.6. The van der Waals surface area contributed by atoms with Crippen LogP contribution in [0.4, 0.5) is 0 Å². The first-order chi connectivity index (χ1) is 15.6. The molecule has 0 saturated carbocycles. The zero-order valence-corrected chi connectivity index (χ0v) is 22.3. The summed E-state index contributed by atoms with van der Waals surface area (Å²) >= 11 is 17.5. The number of hydrogen-bond donors (Lipinski definition) is 2. The maximum Gasteiger partial charge on any atom is 0.265 e. The van der Waals surface area contributed by atoms with Gasteiger partial charge in [-0.1, -0.05) is 74.8 Å². The van der Waals surface area contributed by atoms with Crippen molar-refractivity contribution in [3.05, 3.63) is 0 Å². The van der Waals surface area contributed by atoms with Gasteiger partial charge >= 0.3 is 0 Å². The molecule has 0 bridgehead atoms. The molecule has 0 radical (unpaired) electrons. The van der Waals surface area contributed by atoms with Crippen molar-refractivity contribution in [3.63, 3.8) is 0 Å². The first-order valence-electron chi connectivity index (χ1n) is 11.7. The number of hydrogen-bond acceptors (Lipinski definition) is 7. The lowest BCUT2D eigenvalue weighted by Gasteiger charge is -2.46. The number of nitrogens with one attached hydrogen (secondary N) is 2. The van der Waals surface area contributed by atoms with Crippen molar-refractivity contribution in [1.82, 2.24) is 5.32 Å². The topological polar surface area (TPSA) is 99.1 Å². The van der Waals surface area contributed by atoms with E-state index in [9.17, 15) is 4.79 Å². The van der Waals surface area contributed by atoms with Crippen LogP contribution in [0.15, 0.2) is 0 Å². The van der Waals surface area contributed by atoms with Crippen molar-refractivity contribution in [2.24, 2.45) is 0 Å². The van der Waals surface area contributed by atoms with Gasteiger partial charge in [-0.2, -0.15) is 0 Å². The molecule has 2 N–H and O–H groups in total. The number of unbranched alkanes of at least 4 members (excludes halogenated alkanes) is 3. The van der Waals surface area contributed by atoms with Crippen molar-refractivity contribution in [3.8, 4) is 0 Å². The van der Waals surface area contributed by atoms with Gasteiger partial charge in [0.25, 0.3) is 3.79 Å². The van der Waals surface area contributed by atoms with Gasteiger partial charge in [0.15, 0.2) is 0 Å². The van der Waals surface area contributed by atoms with Crippen molar-refractivity contribution in [2.75, 3.05) is 26.4 Å². The summed E-state index contributed by atoms with van der Waals surface area (Å²) in [5.74, 6) is -0.792. The van der Waals surface area contributed by atoms with Gasteiger partial charge in [-0.15, -0.1) is 0 Å². The first kappa shape index (κ1) is 30.7. The van der Waals surface area contributed by atoms with Gasteiger partial charge in [-0.25, -0.2) is 0 Å². The Morgan fingerprint density at radius 3 is 1.85 bits per heavy atom. The third kappa shape index (κ3) is 11.3. The molecule has 0 spiro atoms. The highest BCUT2D eigenvalue weighted by molar-refractivity contribution is 6.76. The zero-order valence-electron chi connectivity index (χ0n) is 20.0. The first-order valence-corrected chi connectivity index (χ1v) is 12.9. The van der Waals surface area contributed by atoms with Gasteiger partial charge in [0, 0.05) is 33.3 Å². The molecule has 1 aliphatic rings. The van der Waals surface area contributed by atoms with Crippen molar-refractivity contribution in [2.45, 2.75) is 101 Å². The van der Waals surface area contributed by atoms with Crippen molar-refractivity contribution >= 4 is 46.6 Å². The summed E-state index contributed by atoms with van der Waals surface area (Å²) in [5.41, 5.74) is 0. The predicted molar refractivity (Wildman–Crippen MR) is 130 cm³/mol. The molecule has 194 valence electrons. The molecule has 0 aromatic carbocycles. The van der Waals surface area contributed by atoms with Gasteiger partial charge < -0.3 is 29.0 Å². The molecule has 11 heteroatoms. The molecule has 1 aliphatic heterocycles. The van der Waals surface area contributed by atoms with E-state index in [4.69, 9.17) is 63.9 Å². The molecule has 5 unspecified atom stereocenters. The van der Waals surface area contributed by atoms with E-state index in [1.165, 1.54) is 6.92 Å². The Morgan fingerprint density at radius 1 is 0.909 bits per heavy atom. The average molecular weight is 534 g/mol. The second kappa shape index (κ2) is 16.3. The lowest BCUT2D eigenvalue weighted by molar-refractivity contribution is -0.301. The highest BCUT2D eigenvalue weighted by Crippen LogP contribution is 2.33. The van der Waals surface area contributed by atoms with Gasteiger partial charge in [0.05, 0.1) is 0 Å². The van der Waals surface area contributed by atoms with Gasteiger partial charge in [0.1, 0.15) is 24.4 Å².